The van der Waals surface area contributed by atoms with Crippen molar-refractivity contribution in [1.29, 1.82) is 0 Å². The van der Waals surface area contributed by atoms with Crippen molar-refractivity contribution in [2.45, 2.75) is 0 Å². The number of nitrogens with one attached hydrogen (secondary N) is 2. The summed E-state index contributed by atoms with van der Waals surface area (Å²) in [6.07, 6.45) is 0.705. The Morgan fingerprint density at radius 1 is 1.00 bits per heavy atom. The minimum atomic E-state index is -0.469. The molecule has 0 radical (unpaired) electrons. The molecule has 0 aliphatic heterocycles. The molecule has 0 aliphatic carbocycles. The average molecular weight is 330 g/mol. The molecular formula is C17H15FN2O4. The third kappa shape index (κ3) is 5.53. The standard InChI is InChI=1S/C17H15FN2O4/c18-13-3-5-14(6-4-13)20-16(22)9-19-17(23)11-24-15-7-1-12(10-21)2-8-15/h1-8,10H,9,11H2,(H,19,23)(H,20,22). The van der Waals surface area contributed by atoms with Gasteiger partial charge in [-0.1, -0.05) is 0 Å². The Kier molecular flexibility index (Phi) is 6.01. The molecule has 0 heterocycles. The first-order chi connectivity index (χ1) is 11.6. The zero-order valence-corrected chi connectivity index (χ0v) is 12.6. The van der Waals surface area contributed by atoms with E-state index in [0.29, 0.717) is 23.3 Å². The number of carbonyl (C=O) groups excluding carboxylic acids is 3. The fraction of sp³-hybridized carbons (Fsp3) is 0.118. The van der Waals surface area contributed by atoms with Crippen LogP contribution in [0.5, 0.6) is 5.75 Å². The van der Waals surface area contributed by atoms with E-state index < -0.39 is 17.6 Å². The molecule has 2 N–H and O–H groups in total. The van der Waals surface area contributed by atoms with Gasteiger partial charge in [0.15, 0.2) is 6.61 Å². The van der Waals surface area contributed by atoms with E-state index >= 15 is 0 Å². The highest BCUT2D eigenvalue weighted by atomic mass is 19.1. The monoisotopic (exact) mass is 330 g/mol. The van der Waals surface area contributed by atoms with Gasteiger partial charge in [-0.25, -0.2) is 4.39 Å². The predicted octanol–water partition coefficient (Wildman–Crippen LogP) is 1.77. The number of ether oxygens (including phenoxy) is 1. The van der Waals surface area contributed by atoms with Crippen LogP contribution in [0, 0.1) is 5.82 Å². The first-order valence-corrected chi connectivity index (χ1v) is 7.07. The molecule has 2 aromatic rings. The molecule has 0 fully saturated rings. The van der Waals surface area contributed by atoms with Crippen LogP contribution in [0.4, 0.5) is 10.1 Å². The van der Waals surface area contributed by atoms with Gasteiger partial charge in [0.2, 0.25) is 5.91 Å². The first kappa shape index (κ1) is 17.1. The molecular weight excluding hydrogens is 315 g/mol. The molecule has 0 unspecified atom stereocenters. The summed E-state index contributed by atoms with van der Waals surface area (Å²) in [4.78, 5) is 33.8. The van der Waals surface area contributed by atoms with Crippen LogP contribution in [0.2, 0.25) is 0 Å². The second kappa shape index (κ2) is 8.42. The summed E-state index contributed by atoms with van der Waals surface area (Å²) in [7, 11) is 0. The van der Waals surface area contributed by atoms with E-state index in [1.165, 1.54) is 24.3 Å². The van der Waals surface area contributed by atoms with Crippen LogP contribution in [-0.2, 0) is 9.59 Å². The summed E-state index contributed by atoms with van der Waals surface area (Å²) in [5.74, 6) is -0.875. The lowest BCUT2D eigenvalue weighted by molar-refractivity contribution is -0.125. The van der Waals surface area contributed by atoms with E-state index in [1.807, 2.05) is 0 Å². The SMILES string of the molecule is O=Cc1ccc(OCC(=O)NCC(=O)Nc2ccc(F)cc2)cc1. The molecule has 2 aromatic carbocycles. The fourth-order valence-corrected chi connectivity index (χ4v) is 1.76. The maximum atomic E-state index is 12.7. The third-order valence-corrected chi connectivity index (χ3v) is 2.96. The number of benzene rings is 2. The third-order valence-electron chi connectivity index (χ3n) is 2.96. The summed E-state index contributed by atoms with van der Waals surface area (Å²) in [6.45, 7) is -0.492. The van der Waals surface area contributed by atoms with E-state index in [4.69, 9.17) is 4.74 Å². The number of carbonyl (C=O) groups is 3. The molecule has 0 saturated carbocycles. The van der Waals surface area contributed by atoms with Gasteiger partial charge in [0.25, 0.3) is 5.91 Å². The highest BCUT2D eigenvalue weighted by Gasteiger charge is 2.07. The molecule has 0 saturated heterocycles. The molecule has 2 amide bonds. The number of hydrogen-bond acceptors (Lipinski definition) is 4. The predicted molar refractivity (Wildman–Crippen MR) is 85.4 cm³/mol. The summed E-state index contributed by atoms with van der Waals surface area (Å²) < 4.78 is 18.0. The van der Waals surface area contributed by atoms with Crippen LogP contribution in [0.25, 0.3) is 0 Å². The molecule has 2 rings (SSSR count). The molecule has 0 spiro atoms. The topological polar surface area (TPSA) is 84.5 Å². The van der Waals surface area contributed by atoms with Crippen molar-refractivity contribution >= 4 is 23.8 Å². The number of anilines is 1. The van der Waals surface area contributed by atoms with Crippen molar-refractivity contribution in [3.05, 3.63) is 59.9 Å². The summed E-state index contributed by atoms with van der Waals surface area (Å²) >= 11 is 0. The Labute approximate surface area is 137 Å². The van der Waals surface area contributed by atoms with Crippen molar-refractivity contribution in [2.75, 3.05) is 18.5 Å². The maximum absolute atomic E-state index is 12.7. The minimum absolute atomic E-state index is 0.232. The number of amides is 2. The largest absolute Gasteiger partial charge is 0.484 e. The average Bonchev–Trinajstić information content (AvgIpc) is 2.60. The lowest BCUT2D eigenvalue weighted by atomic mass is 10.2. The molecule has 7 heteroatoms. The summed E-state index contributed by atoms with van der Waals surface area (Å²) in [5, 5.41) is 4.92. The van der Waals surface area contributed by atoms with E-state index in [-0.39, 0.29) is 13.2 Å². The van der Waals surface area contributed by atoms with Crippen molar-refractivity contribution in [3.63, 3.8) is 0 Å². The van der Waals surface area contributed by atoms with Crippen LogP contribution in [-0.4, -0.2) is 31.3 Å². The van der Waals surface area contributed by atoms with Gasteiger partial charge in [0.1, 0.15) is 17.9 Å². The van der Waals surface area contributed by atoms with Crippen LogP contribution in [0.15, 0.2) is 48.5 Å². The summed E-state index contributed by atoms with van der Waals surface area (Å²) in [5.41, 5.74) is 0.937. The Bertz CT molecular complexity index is 714. The van der Waals surface area contributed by atoms with Gasteiger partial charge < -0.3 is 15.4 Å². The van der Waals surface area contributed by atoms with Gasteiger partial charge in [0, 0.05) is 11.3 Å². The lowest BCUT2D eigenvalue weighted by Gasteiger charge is -2.08. The van der Waals surface area contributed by atoms with E-state index in [0.717, 1.165) is 0 Å². The number of aldehydes is 1. The molecule has 124 valence electrons. The Hall–Kier alpha value is -3.22. The summed E-state index contributed by atoms with van der Waals surface area (Å²) in [6, 6.07) is 11.5. The van der Waals surface area contributed by atoms with Crippen LogP contribution >= 0.6 is 0 Å². The normalized spacial score (nSPS) is 9.88. The van der Waals surface area contributed by atoms with Crippen LogP contribution in [0.1, 0.15) is 10.4 Å². The Morgan fingerprint density at radius 3 is 2.29 bits per heavy atom. The van der Waals surface area contributed by atoms with Gasteiger partial charge in [-0.3, -0.25) is 14.4 Å². The quantitative estimate of drug-likeness (QED) is 0.758. The molecule has 24 heavy (non-hydrogen) atoms. The highest BCUT2D eigenvalue weighted by Crippen LogP contribution is 2.10. The molecule has 0 bridgehead atoms. The van der Waals surface area contributed by atoms with E-state index in [9.17, 15) is 18.8 Å². The van der Waals surface area contributed by atoms with Gasteiger partial charge >= 0.3 is 0 Å². The molecule has 6 nitrogen and oxygen atoms in total. The van der Waals surface area contributed by atoms with Crippen molar-refractivity contribution < 1.29 is 23.5 Å². The Morgan fingerprint density at radius 2 is 1.67 bits per heavy atom. The minimum Gasteiger partial charge on any atom is -0.484 e. The van der Waals surface area contributed by atoms with Crippen LogP contribution in [0.3, 0.4) is 0 Å². The van der Waals surface area contributed by atoms with E-state index in [1.54, 1.807) is 24.3 Å². The van der Waals surface area contributed by atoms with Crippen molar-refractivity contribution in [1.82, 2.24) is 5.32 Å². The molecule has 0 aromatic heterocycles. The number of hydrogen-bond donors (Lipinski definition) is 2. The van der Waals surface area contributed by atoms with Crippen LogP contribution < -0.4 is 15.4 Å². The van der Waals surface area contributed by atoms with Gasteiger partial charge in [0.05, 0.1) is 6.54 Å². The van der Waals surface area contributed by atoms with Crippen molar-refractivity contribution in [2.24, 2.45) is 0 Å². The second-order valence-electron chi connectivity index (χ2n) is 4.81. The number of rotatable bonds is 7. The highest BCUT2D eigenvalue weighted by molar-refractivity contribution is 5.94. The number of halogens is 1. The Balaban J connectivity index is 1.70. The molecule has 0 aliphatic rings. The zero-order chi connectivity index (χ0) is 17.4. The smallest absolute Gasteiger partial charge is 0.258 e. The van der Waals surface area contributed by atoms with Crippen molar-refractivity contribution in [3.8, 4) is 5.75 Å². The van der Waals surface area contributed by atoms with Gasteiger partial charge in [-0.15, -0.1) is 0 Å². The second-order valence-corrected chi connectivity index (χ2v) is 4.81. The fourth-order valence-electron chi connectivity index (χ4n) is 1.76. The first-order valence-electron chi connectivity index (χ1n) is 7.07. The lowest BCUT2D eigenvalue weighted by Crippen LogP contribution is -2.35. The zero-order valence-electron chi connectivity index (χ0n) is 12.6. The van der Waals surface area contributed by atoms with Gasteiger partial charge in [-0.2, -0.15) is 0 Å². The molecule has 0 atom stereocenters. The van der Waals surface area contributed by atoms with E-state index in [2.05, 4.69) is 10.6 Å². The van der Waals surface area contributed by atoms with Gasteiger partial charge in [-0.05, 0) is 48.5 Å². The maximum Gasteiger partial charge on any atom is 0.258 e.